The number of hydrogen-bond acceptors (Lipinski definition) is 14. The van der Waals surface area contributed by atoms with Gasteiger partial charge in [0.1, 0.15) is 23.0 Å². The third-order valence-electron chi connectivity index (χ3n) is 6.46. The zero-order valence-corrected chi connectivity index (χ0v) is 26.9. The molecule has 0 radical (unpaired) electrons. The molecule has 55 heavy (non-hydrogen) atoms. The Hall–Kier alpha value is -7.22. The Morgan fingerprint density at radius 1 is 0.491 bits per heavy atom. The highest BCUT2D eigenvalue weighted by Crippen LogP contribution is 2.29. The topological polar surface area (TPSA) is 176 Å². The average molecular weight is 761 g/mol. The van der Waals surface area contributed by atoms with Crippen molar-refractivity contribution < 1.29 is 66.7 Å². The molecule has 0 saturated carbocycles. The molecule has 0 atom stereocenters. The molecule has 0 fully saturated rings. The second kappa shape index (κ2) is 23.4. The minimum atomic E-state index is -1.11. The van der Waals surface area contributed by atoms with Crippen molar-refractivity contribution in [1.29, 1.82) is 0 Å². The van der Waals surface area contributed by atoms with Crippen molar-refractivity contribution in [2.75, 3.05) is 13.6 Å². The molecule has 4 aromatic carbocycles. The van der Waals surface area contributed by atoms with Crippen LogP contribution >= 0.6 is 0 Å². The molecule has 0 spiro atoms. The highest BCUT2D eigenvalue weighted by Gasteiger charge is 2.14. The first kappa shape index (κ1) is 47.8. The average Bonchev–Trinajstić information content (AvgIpc) is 3.12. The standard InChI is InChI=1S/C37H28O14.4CH4/c1-4-32(38)44-21-46-36(42)50-28-14-8-25(9-15-28)34(40)48-27-12-6-24(7-13-27)31-19-18-30(20-23(31)3)49-35(41)26-10-16-29(17-11-26)51-37(43)47-22-45-33(39)5-2;;;;/h4-20H,1-2,21-22H2,3H3;4*1H4. The van der Waals surface area contributed by atoms with Crippen LogP contribution in [0.5, 0.6) is 23.0 Å². The number of rotatable bonds is 13. The molecular weight excluding hydrogens is 716 g/mol. The van der Waals surface area contributed by atoms with E-state index in [1.165, 1.54) is 48.5 Å². The molecule has 0 saturated heterocycles. The van der Waals surface area contributed by atoms with E-state index in [1.807, 2.05) is 6.92 Å². The van der Waals surface area contributed by atoms with Gasteiger partial charge >= 0.3 is 36.2 Å². The molecule has 14 heteroatoms. The summed E-state index contributed by atoms with van der Waals surface area (Å²) in [6, 6.07) is 22.9. The van der Waals surface area contributed by atoms with E-state index in [9.17, 15) is 28.8 Å². The van der Waals surface area contributed by atoms with Gasteiger partial charge in [0.2, 0.25) is 13.6 Å². The van der Waals surface area contributed by atoms with Crippen molar-refractivity contribution >= 4 is 36.2 Å². The molecule has 0 heterocycles. The van der Waals surface area contributed by atoms with Gasteiger partial charge in [-0.3, -0.25) is 0 Å². The molecule has 0 N–H and O–H groups in total. The first-order chi connectivity index (χ1) is 24.5. The second-order valence-corrected chi connectivity index (χ2v) is 9.89. The Bertz CT molecular complexity index is 1930. The molecule has 0 aliphatic heterocycles. The Morgan fingerprint density at radius 3 is 1.25 bits per heavy atom. The van der Waals surface area contributed by atoms with Gasteiger partial charge in [-0.2, -0.15) is 0 Å². The quantitative estimate of drug-likeness (QED) is 0.0414. The van der Waals surface area contributed by atoms with Gasteiger partial charge in [0.25, 0.3) is 0 Å². The number of carbonyl (C=O) groups is 6. The van der Waals surface area contributed by atoms with Crippen LogP contribution in [-0.4, -0.2) is 49.8 Å². The summed E-state index contributed by atoms with van der Waals surface area (Å²) in [5.41, 5.74) is 2.83. The summed E-state index contributed by atoms with van der Waals surface area (Å²) in [6.07, 6.45) is -0.401. The van der Waals surface area contributed by atoms with Crippen LogP contribution < -0.4 is 18.9 Å². The van der Waals surface area contributed by atoms with Gasteiger partial charge in [0, 0.05) is 12.2 Å². The summed E-state index contributed by atoms with van der Waals surface area (Å²) >= 11 is 0. The van der Waals surface area contributed by atoms with E-state index in [0.29, 0.717) is 5.75 Å². The van der Waals surface area contributed by atoms with E-state index < -0.39 is 49.8 Å². The second-order valence-electron chi connectivity index (χ2n) is 9.89. The van der Waals surface area contributed by atoms with Gasteiger partial charge < -0.3 is 37.9 Å². The van der Waals surface area contributed by atoms with Gasteiger partial charge in [0.05, 0.1) is 11.1 Å². The maximum atomic E-state index is 12.7. The van der Waals surface area contributed by atoms with Crippen molar-refractivity contribution in [3.63, 3.8) is 0 Å². The van der Waals surface area contributed by atoms with Crippen LogP contribution in [0.25, 0.3) is 11.1 Å². The summed E-state index contributed by atoms with van der Waals surface area (Å²) in [6.45, 7) is 6.97. The minimum absolute atomic E-state index is 0. The molecule has 4 aromatic rings. The van der Waals surface area contributed by atoms with Crippen LogP contribution in [0.2, 0.25) is 0 Å². The smallest absolute Gasteiger partial charge is 0.425 e. The molecule has 0 aromatic heterocycles. The zero-order chi connectivity index (χ0) is 36.8. The number of hydrogen-bond donors (Lipinski definition) is 0. The highest BCUT2D eigenvalue weighted by molar-refractivity contribution is 5.92. The maximum Gasteiger partial charge on any atom is 0.516 e. The van der Waals surface area contributed by atoms with Crippen molar-refractivity contribution in [3.8, 4) is 34.1 Å². The van der Waals surface area contributed by atoms with Crippen LogP contribution in [0.15, 0.2) is 116 Å². The molecule has 292 valence electrons. The monoisotopic (exact) mass is 760 g/mol. The van der Waals surface area contributed by atoms with Gasteiger partial charge in [0.15, 0.2) is 0 Å². The van der Waals surface area contributed by atoms with Crippen molar-refractivity contribution in [2.24, 2.45) is 0 Å². The van der Waals surface area contributed by atoms with E-state index in [-0.39, 0.29) is 58.1 Å². The van der Waals surface area contributed by atoms with Gasteiger partial charge in [-0.05, 0) is 96.4 Å². The molecule has 0 aliphatic rings. The Morgan fingerprint density at radius 2 is 0.855 bits per heavy atom. The third-order valence-corrected chi connectivity index (χ3v) is 6.46. The van der Waals surface area contributed by atoms with E-state index in [0.717, 1.165) is 28.8 Å². The SMILES string of the molecule is C.C.C.C.C=CC(=O)OCOC(=O)Oc1ccc(C(=O)Oc2ccc(-c3ccc(OC(=O)c4ccc(OC(=O)OCOC(=O)C=C)cc4)cc3C)cc2)cc1. The van der Waals surface area contributed by atoms with Crippen molar-refractivity contribution in [3.05, 3.63) is 133 Å². The first-order valence-electron chi connectivity index (χ1n) is 14.7. The summed E-state index contributed by atoms with van der Waals surface area (Å²) < 4.78 is 39.1. The summed E-state index contributed by atoms with van der Waals surface area (Å²) in [5, 5.41) is 0. The van der Waals surface area contributed by atoms with Crippen LogP contribution in [0.4, 0.5) is 9.59 Å². The Kier molecular flexibility index (Phi) is 20.3. The molecule has 14 nitrogen and oxygen atoms in total. The first-order valence-corrected chi connectivity index (χ1v) is 14.7. The number of aryl methyl sites for hydroxylation is 1. The summed E-state index contributed by atoms with van der Waals surface area (Å²) in [7, 11) is 0. The number of esters is 4. The number of ether oxygens (including phenoxy) is 8. The lowest BCUT2D eigenvalue weighted by atomic mass is 10.0. The fraction of sp³-hybridized carbons (Fsp3) is 0.171. The van der Waals surface area contributed by atoms with E-state index in [4.69, 9.17) is 18.9 Å². The third kappa shape index (κ3) is 14.7. The fourth-order valence-corrected chi connectivity index (χ4v) is 4.02. The Balaban J connectivity index is 0.00000729. The Labute approximate surface area is 319 Å². The molecule has 4 rings (SSSR count). The van der Waals surface area contributed by atoms with E-state index in [1.54, 1.807) is 42.5 Å². The number of benzene rings is 4. The molecule has 0 bridgehead atoms. The van der Waals surface area contributed by atoms with E-state index >= 15 is 0 Å². The van der Waals surface area contributed by atoms with Crippen LogP contribution in [-0.2, 0) is 28.5 Å². The molecule has 0 aliphatic carbocycles. The maximum absolute atomic E-state index is 12.7. The molecule has 0 amide bonds. The van der Waals surface area contributed by atoms with Gasteiger partial charge in [-0.15, -0.1) is 0 Å². The van der Waals surface area contributed by atoms with Crippen molar-refractivity contribution in [1.82, 2.24) is 0 Å². The molecular formula is C41H44O14. The van der Waals surface area contributed by atoms with Crippen molar-refractivity contribution in [2.45, 2.75) is 36.6 Å². The fourth-order valence-electron chi connectivity index (χ4n) is 4.02. The van der Waals surface area contributed by atoms with Gasteiger partial charge in [-0.1, -0.05) is 61.1 Å². The minimum Gasteiger partial charge on any atom is -0.425 e. The van der Waals surface area contributed by atoms with Crippen LogP contribution in [0, 0.1) is 6.92 Å². The van der Waals surface area contributed by atoms with Gasteiger partial charge in [-0.25, -0.2) is 28.8 Å². The number of carbonyl (C=O) groups excluding carboxylic acids is 6. The highest BCUT2D eigenvalue weighted by atomic mass is 16.8. The molecule has 0 unspecified atom stereocenters. The summed E-state index contributed by atoms with van der Waals surface area (Å²) in [5.74, 6) is -2.08. The van der Waals surface area contributed by atoms with Crippen LogP contribution in [0.1, 0.15) is 56.0 Å². The predicted octanol–water partition coefficient (Wildman–Crippen LogP) is 9.05. The predicted molar refractivity (Wildman–Crippen MR) is 203 cm³/mol. The normalized spacial score (nSPS) is 9.33. The lowest BCUT2D eigenvalue weighted by Gasteiger charge is -2.11. The largest absolute Gasteiger partial charge is 0.516 e. The lowest BCUT2D eigenvalue weighted by molar-refractivity contribution is -0.147. The lowest BCUT2D eigenvalue weighted by Crippen LogP contribution is -2.15. The van der Waals surface area contributed by atoms with Crippen LogP contribution in [0.3, 0.4) is 0 Å². The van der Waals surface area contributed by atoms with E-state index in [2.05, 4.69) is 32.1 Å². The summed E-state index contributed by atoms with van der Waals surface area (Å²) in [4.78, 5) is 70.7. The zero-order valence-electron chi connectivity index (χ0n) is 26.9.